The van der Waals surface area contributed by atoms with Crippen molar-refractivity contribution in [3.05, 3.63) is 42.0 Å². The zero-order chi connectivity index (χ0) is 21.9. The van der Waals surface area contributed by atoms with Crippen LogP contribution < -0.4 is 0 Å². The number of ether oxygens (including phenoxy) is 2. The lowest BCUT2D eigenvalue weighted by atomic mass is 9.90. The molecular formula is C23H31NO5. The van der Waals surface area contributed by atoms with Crippen LogP contribution in [0.4, 0.5) is 4.79 Å². The Morgan fingerprint density at radius 3 is 2.17 bits per heavy atom. The maximum atomic E-state index is 13.2. The van der Waals surface area contributed by atoms with E-state index < -0.39 is 28.8 Å². The van der Waals surface area contributed by atoms with Crippen molar-refractivity contribution in [1.29, 1.82) is 0 Å². The predicted molar refractivity (Wildman–Crippen MR) is 111 cm³/mol. The largest absolute Gasteiger partial charge is 0.458 e. The number of esters is 1. The van der Waals surface area contributed by atoms with Crippen LogP contribution >= 0.6 is 0 Å². The second-order valence-corrected chi connectivity index (χ2v) is 9.18. The van der Waals surface area contributed by atoms with Crippen LogP contribution in [0.15, 0.2) is 36.4 Å². The first-order valence-electron chi connectivity index (χ1n) is 9.84. The van der Waals surface area contributed by atoms with Gasteiger partial charge in [-0.2, -0.15) is 0 Å². The Bertz CT molecular complexity index is 786. The minimum atomic E-state index is -1.72. The van der Waals surface area contributed by atoms with Gasteiger partial charge in [-0.05, 0) is 47.1 Å². The summed E-state index contributed by atoms with van der Waals surface area (Å²) in [4.78, 5) is 40.2. The van der Waals surface area contributed by atoms with Crippen LogP contribution in [0, 0.1) is 0 Å². The Hall–Kier alpha value is -2.63. The summed E-state index contributed by atoms with van der Waals surface area (Å²) in [5.74, 6) is -1.06. The van der Waals surface area contributed by atoms with Crippen molar-refractivity contribution in [2.75, 3.05) is 6.54 Å². The van der Waals surface area contributed by atoms with Crippen LogP contribution in [0.25, 0.3) is 6.08 Å². The number of amides is 1. The van der Waals surface area contributed by atoms with Crippen molar-refractivity contribution >= 4 is 23.9 Å². The maximum Gasteiger partial charge on any atom is 0.411 e. The molecule has 0 unspecified atom stereocenters. The van der Waals surface area contributed by atoms with Crippen molar-refractivity contribution in [3.63, 3.8) is 0 Å². The first-order chi connectivity index (χ1) is 13.3. The lowest BCUT2D eigenvalue weighted by molar-refractivity contribution is -0.169. The van der Waals surface area contributed by atoms with Gasteiger partial charge in [-0.15, -0.1) is 0 Å². The third kappa shape index (κ3) is 5.68. The first-order valence-corrected chi connectivity index (χ1v) is 9.84. The molecule has 0 radical (unpaired) electrons. The number of hydrogen-bond donors (Lipinski definition) is 0. The molecule has 1 atom stereocenters. The summed E-state index contributed by atoms with van der Waals surface area (Å²) in [5, 5.41) is 0. The molecule has 6 nitrogen and oxygen atoms in total. The van der Waals surface area contributed by atoms with Crippen LogP contribution in [0.3, 0.4) is 0 Å². The van der Waals surface area contributed by atoms with E-state index in [0.717, 1.165) is 5.56 Å². The molecular weight excluding hydrogens is 370 g/mol. The van der Waals surface area contributed by atoms with E-state index in [1.54, 1.807) is 47.6 Å². The third-order valence-corrected chi connectivity index (χ3v) is 4.36. The first kappa shape index (κ1) is 22.7. The number of hydrogen-bond acceptors (Lipinski definition) is 5. The van der Waals surface area contributed by atoms with Gasteiger partial charge in [0, 0.05) is 19.4 Å². The molecule has 0 saturated carbocycles. The molecule has 0 aromatic heterocycles. The molecule has 1 saturated heterocycles. The fourth-order valence-electron chi connectivity index (χ4n) is 3.15. The number of carbonyl (C=O) groups excluding carboxylic acids is 3. The Kier molecular flexibility index (Phi) is 6.56. The zero-order valence-electron chi connectivity index (χ0n) is 18.2. The Morgan fingerprint density at radius 2 is 1.62 bits per heavy atom. The summed E-state index contributed by atoms with van der Waals surface area (Å²) in [6.07, 6.45) is 2.97. The lowest BCUT2D eigenvalue weighted by Crippen LogP contribution is -2.59. The molecule has 158 valence electrons. The van der Waals surface area contributed by atoms with Gasteiger partial charge in [-0.1, -0.05) is 42.5 Å². The van der Waals surface area contributed by atoms with Gasteiger partial charge in [0.25, 0.3) is 0 Å². The molecule has 0 N–H and O–H groups in total. The standard InChI is InChI=1S/C23H31NO5/c1-21(2,3)28-19(26)23(15-10-13-17-11-8-7-9-12-17)18(25)14-16-24(23)20(27)29-22(4,5)6/h7-13H,14-16H2,1-6H3/b13-10+/t23-/m1/s1. The molecule has 1 fully saturated rings. The molecule has 1 amide bonds. The number of rotatable bonds is 4. The summed E-state index contributed by atoms with van der Waals surface area (Å²) < 4.78 is 11.0. The Morgan fingerprint density at radius 1 is 1.03 bits per heavy atom. The number of benzene rings is 1. The molecule has 0 bridgehead atoms. The molecule has 0 spiro atoms. The van der Waals surface area contributed by atoms with E-state index in [4.69, 9.17) is 9.47 Å². The number of likely N-dealkylation sites (tertiary alicyclic amines) is 1. The lowest BCUT2D eigenvalue weighted by Gasteiger charge is -2.37. The van der Waals surface area contributed by atoms with Gasteiger partial charge in [0.2, 0.25) is 5.54 Å². The van der Waals surface area contributed by atoms with Crippen LogP contribution in [0.1, 0.15) is 59.9 Å². The molecule has 1 heterocycles. The quantitative estimate of drug-likeness (QED) is 0.553. The van der Waals surface area contributed by atoms with E-state index in [9.17, 15) is 14.4 Å². The number of carbonyl (C=O) groups is 3. The summed E-state index contributed by atoms with van der Waals surface area (Å²) in [5.41, 5.74) is -2.33. The Labute approximate surface area is 172 Å². The molecule has 1 aliphatic heterocycles. The van der Waals surface area contributed by atoms with E-state index in [0.29, 0.717) is 0 Å². The van der Waals surface area contributed by atoms with E-state index >= 15 is 0 Å². The smallest absolute Gasteiger partial charge is 0.411 e. The Balaban J connectivity index is 2.40. The number of nitrogens with zero attached hydrogens (tertiary/aromatic N) is 1. The fourth-order valence-corrected chi connectivity index (χ4v) is 3.15. The highest BCUT2D eigenvalue weighted by Gasteiger charge is 2.58. The van der Waals surface area contributed by atoms with E-state index in [1.165, 1.54) is 4.90 Å². The molecule has 1 aromatic carbocycles. The van der Waals surface area contributed by atoms with Crippen molar-refractivity contribution < 1.29 is 23.9 Å². The van der Waals surface area contributed by atoms with Gasteiger partial charge >= 0.3 is 12.1 Å². The topological polar surface area (TPSA) is 72.9 Å². The average molecular weight is 402 g/mol. The minimum Gasteiger partial charge on any atom is -0.458 e. The van der Waals surface area contributed by atoms with Gasteiger partial charge in [-0.3, -0.25) is 9.69 Å². The number of Topliss-reactive ketones (excluding diaryl/α,β-unsaturated/α-hetero) is 1. The van der Waals surface area contributed by atoms with E-state index in [-0.39, 0.29) is 25.2 Å². The van der Waals surface area contributed by atoms with Gasteiger partial charge in [0.05, 0.1) is 0 Å². The highest BCUT2D eigenvalue weighted by atomic mass is 16.6. The van der Waals surface area contributed by atoms with Gasteiger partial charge in [-0.25, -0.2) is 9.59 Å². The SMILES string of the molecule is CC(C)(C)OC(=O)N1CCC(=O)[C@]1(C/C=C/c1ccccc1)C(=O)OC(C)(C)C. The predicted octanol–water partition coefficient (Wildman–Crippen LogP) is 4.38. The van der Waals surface area contributed by atoms with Gasteiger partial charge in [0.1, 0.15) is 11.2 Å². The van der Waals surface area contributed by atoms with Crippen molar-refractivity contribution in [2.45, 2.75) is 71.1 Å². The normalized spacial score (nSPS) is 20.2. The van der Waals surface area contributed by atoms with Crippen molar-refractivity contribution in [1.82, 2.24) is 4.90 Å². The summed E-state index contributed by atoms with van der Waals surface area (Å²) in [6, 6.07) is 9.54. The van der Waals surface area contributed by atoms with Crippen molar-refractivity contribution in [2.24, 2.45) is 0 Å². The van der Waals surface area contributed by atoms with Gasteiger partial charge in [0.15, 0.2) is 5.78 Å². The van der Waals surface area contributed by atoms with E-state index in [2.05, 4.69) is 0 Å². The highest BCUT2D eigenvalue weighted by Crippen LogP contribution is 2.34. The summed E-state index contributed by atoms with van der Waals surface area (Å²) >= 11 is 0. The van der Waals surface area contributed by atoms with Gasteiger partial charge < -0.3 is 9.47 Å². The van der Waals surface area contributed by atoms with Crippen LogP contribution in [0.5, 0.6) is 0 Å². The van der Waals surface area contributed by atoms with Crippen molar-refractivity contribution in [3.8, 4) is 0 Å². The summed E-state index contributed by atoms with van der Waals surface area (Å²) in [6.45, 7) is 10.5. The average Bonchev–Trinajstić information content (AvgIpc) is 2.91. The molecule has 6 heteroatoms. The molecule has 0 aliphatic carbocycles. The minimum absolute atomic E-state index is 0.0227. The van der Waals surface area contributed by atoms with E-state index in [1.807, 2.05) is 36.4 Å². The molecule has 2 rings (SSSR count). The maximum absolute atomic E-state index is 13.2. The second kappa shape index (κ2) is 8.39. The summed E-state index contributed by atoms with van der Waals surface area (Å²) in [7, 11) is 0. The van der Waals surface area contributed by atoms with Crippen LogP contribution in [0.2, 0.25) is 0 Å². The van der Waals surface area contributed by atoms with Crippen LogP contribution in [-0.2, 0) is 19.1 Å². The molecule has 1 aromatic rings. The highest BCUT2D eigenvalue weighted by molar-refractivity contribution is 6.12. The third-order valence-electron chi connectivity index (χ3n) is 4.36. The zero-order valence-corrected chi connectivity index (χ0v) is 18.2. The van der Waals surface area contributed by atoms with Crippen LogP contribution in [-0.4, -0.2) is 46.0 Å². The second-order valence-electron chi connectivity index (χ2n) is 9.18. The molecule has 1 aliphatic rings. The number of ketones is 1. The fraction of sp³-hybridized carbons (Fsp3) is 0.522. The molecule has 29 heavy (non-hydrogen) atoms. The monoisotopic (exact) mass is 401 g/mol.